The second-order valence-electron chi connectivity index (χ2n) is 5.17. The molecule has 1 aliphatic rings. The average Bonchev–Trinajstić information content (AvgIpc) is 2.49. The van der Waals surface area contributed by atoms with E-state index < -0.39 is 0 Å². The van der Waals surface area contributed by atoms with Gasteiger partial charge in [-0.3, -0.25) is 14.6 Å². The first kappa shape index (κ1) is 15.0. The van der Waals surface area contributed by atoms with Crippen LogP contribution in [0.1, 0.15) is 5.56 Å². The molecule has 1 fully saturated rings. The summed E-state index contributed by atoms with van der Waals surface area (Å²) in [5.74, 6) is 0.0983. The molecule has 1 aromatic rings. The van der Waals surface area contributed by atoms with Gasteiger partial charge < -0.3 is 11.1 Å². The number of piperazine rings is 1. The third-order valence-corrected chi connectivity index (χ3v) is 3.61. The van der Waals surface area contributed by atoms with Crippen molar-refractivity contribution in [3.05, 3.63) is 35.9 Å². The van der Waals surface area contributed by atoms with E-state index in [0.29, 0.717) is 19.6 Å². The van der Waals surface area contributed by atoms with Crippen LogP contribution < -0.4 is 11.1 Å². The molecule has 5 nitrogen and oxygen atoms in total. The predicted octanol–water partition coefficient (Wildman–Crippen LogP) is -0.121. The molecule has 0 spiro atoms. The van der Waals surface area contributed by atoms with Crippen LogP contribution >= 0.6 is 0 Å². The van der Waals surface area contributed by atoms with Gasteiger partial charge in [-0.25, -0.2) is 0 Å². The molecule has 0 bridgehead atoms. The Kier molecular flexibility index (Phi) is 5.98. The Morgan fingerprint density at radius 1 is 1.10 bits per heavy atom. The van der Waals surface area contributed by atoms with E-state index in [1.165, 1.54) is 0 Å². The molecule has 2 rings (SSSR count). The van der Waals surface area contributed by atoms with E-state index in [9.17, 15) is 4.79 Å². The minimum absolute atomic E-state index is 0.0983. The summed E-state index contributed by atoms with van der Waals surface area (Å²) < 4.78 is 0. The number of nitrogens with one attached hydrogen (secondary N) is 1. The first-order valence-electron chi connectivity index (χ1n) is 7.23. The van der Waals surface area contributed by atoms with Crippen LogP contribution in [-0.4, -0.2) is 61.5 Å². The standard InChI is InChI=1S/C15H24N4O/c16-6-7-18-8-10-19(11-9-18)13-15(20)17-12-14-4-2-1-3-5-14/h1-5H,6-13,16H2,(H,17,20). The molecule has 0 aliphatic carbocycles. The van der Waals surface area contributed by atoms with Gasteiger partial charge in [-0.05, 0) is 5.56 Å². The van der Waals surface area contributed by atoms with Crippen LogP contribution in [0, 0.1) is 0 Å². The predicted molar refractivity (Wildman–Crippen MR) is 80.2 cm³/mol. The van der Waals surface area contributed by atoms with Crippen LogP contribution in [-0.2, 0) is 11.3 Å². The van der Waals surface area contributed by atoms with Crippen LogP contribution in [0.4, 0.5) is 0 Å². The van der Waals surface area contributed by atoms with Gasteiger partial charge in [0.2, 0.25) is 5.91 Å². The van der Waals surface area contributed by atoms with Gasteiger partial charge in [-0.15, -0.1) is 0 Å². The zero-order chi connectivity index (χ0) is 14.2. The summed E-state index contributed by atoms with van der Waals surface area (Å²) in [5.41, 5.74) is 6.68. The molecule has 0 atom stereocenters. The lowest BCUT2D eigenvalue weighted by Gasteiger charge is -2.33. The fraction of sp³-hybridized carbons (Fsp3) is 0.533. The third kappa shape index (κ3) is 4.92. The molecule has 1 saturated heterocycles. The van der Waals surface area contributed by atoms with Crippen molar-refractivity contribution in [2.24, 2.45) is 5.73 Å². The van der Waals surface area contributed by atoms with Crippen LogP contribution in [0.25, 0.3) is 0 Å². The molecule has 1 heterocycles. The van der Waals surface area contributed by atoms with E-state index >= 15 is 0 Å². The van der Waals surface area contributed by atoms with E-state index in [4.69, 9.17) is 5.73 Å². The maximum atomic E-state index is 11.9. The van der Waals surface area contributed by atoms with Crippen molar-refractivity contribution in [2.75, 3.05) is 45.8 Å². The van der Waals surface area contributed by atoms with Crippen molar-refractivity contribution >= 4 is 5.91 Å². The van der Waals surface area contributed by atoms with E-state index in [1.54, 1.807) is 0 Å². The van der Waals surface area contributed by atoms with Gasteiger partial charge in [0, 0.05) is 45.8 Å². The summed E-state index contributed by atoms with van der Waals surface area (Å²) in [6.07, 6.45) is 0. The lowest BCUT2D eigenvalue weighted by molar-refractivity contribution is -0.122. The first-order valence-corrected chi connectivity index (χ1v) is 7.23. The highest BCUT2D eigenvalue weighted by atomic mass is 16.2. The molecule has 0 radical (unpaired) electrons. The molecule has 0 unspecified atom stereocenters. The van der Waals surface area contributed by atoms with Gasteiger partial charge in [0.15, 0.2) is 0 Å². The fourth-order valence-electron chi connectivity index (χ4n) is 2.41. The third-order valence-electron chi connectivity index (χ3n) is 3.61. The minimum Gasteiger partial charge on any atom is -0.351 e. The average molecular weight is 276 g/mol. The second kappa shape index (κ2) is 7.99. The molecule has 20 heavy (non-hydrogen) atoms. The van der Waals surface area contributed by atoms with Gasteiger partial charge in [0.1, 0.15) is 0 Å². The quantitative estimate of drug-likeness (QED) is 0.760. The molecule has 5 heteroatoms. The monoisotopic (exact) mass is 276 g/mol. The Morgan fingerprint density at radius 2 is 1.75 bits per heavy atom. The Hall–Kier alpha value is -1.43. The van der Waals surface area contributed by atoms with Gasteiger partial charge in [-0.2, -0.15) is 0 Å². The van der Waals surface area contributed by atoms with Crippen molar-refractivity contribution < 1.29 is 4.79 Å². The molecule has 1 aliphatic heterocycles. The smallest absolute Gasteiger partial charge is 0.234 e. The Bertz CT molecular complexity index is 402. The zero-order valence-corrected chi connectivity index (χ0v) is 11.9. The van der Waals surface area contributed by atoms with Crippen LogP contribution in [0.5, 0.6) is 0 Å². The number of carbonyl (C=O) groups is 1. The lowest BCUT2D eigenvalue weighted by Crippen LogP contribution is -2.50. The molecular formula is C15H24N4O. The SMILES string of the molecule is NCCN1CCN(CC(=O)NCc2ccccc2)CC1. The van der Waals surface area contributed by atoms with Crippen molar-refractivity contribution in [1.29, 1.82) is 0 Å². The van der Waals surface area contributed by atoms with E-state index in [1.807, 2.05) is 30.3 Å². The van der Waals surface area contributed by atoms with Crippen LogP contribution in [0.15, 0.2) is 30.3 Å². The molecular weight excluding hydrogens is 252 g/mol. The molecule has 1 amide bonds. The number of carbonyl (C=O) groups excluding carboxylic acids is 1. The Morgan fingerprint density at radius 3 is 2.40 bits per heavy atom. The van der Waals surface area contributed by atoms with Gasteiger partial charge in [0.25, 0.3) is 0 Å². The summed E-state index contributed by atoms with van der Waals surface area (Å²) >= 11 is 0. The number of nitrogens with zero attached hydrogens (tertiary/aromatic N) is 2. The number of rotatable bonds is 6. The van der Waals surface area contributed by atoms with Crippen LogP contribution in [0.3, 0.4) is 0 Å². The van der Waals surface area contributed by atoms with Gasteiger partial charge in [0.05, 0.1) is 6.54 Å². The molecule has 0 aromatic heterocycles. The highest BCUT2D eigenvalue weighted by Gasteiger charge is 2.17. The number of amides is 1. The van der Waals surface area contributed by atoms with Crippen molar-refractivity contribution in [2.45, 2.75) is 6.54 Å². The largest absolute Gasteiger partial charge is 0.351 e. The summed E-state index contributed by atoms with van der Waals surface area (Å²) in [4.78, 5) is 16.5. The maximum Gasteiger partial charge on any atom is 0.234 e. The topological polar surface area (TPSA) is 61.6 Å². The fourth-order valence-corrected chi connectivity index (χ4v) is 2.41. The highest BCUT2D eigenvalue weighted by molar-refractivity contribution is 5.78. The maximum absolute atomic E-state index is 11.9. The summed E-state index contributed by atoms with van der Waals surface area (Å²) in [6.45, 7) is 6.64. The Labute approximate surface area is 120 Å². The van der Waals surface area contributed by atoms with Gasteiger partial charge >= 0.3 is 0 Å². The van der Waals surface area contributed by atoms with Crippen molar-refractivity contribution in [3.63, 3.8) is 0 Å². The van der Waals surface area contributed by atoms with Crippen molar-refractivity contribution in [3.8, 4) is 0 Å². The molecule has 3 N–H and O–H groups in total. The highest BCUT2D eigenvalue weighted by Crippen LogP contribution is 2.01. The van der Waals surface area contributed by atoms with E-state index in [0.717, 1.165) is 38.3 Å². The number of hydrogen-bond donors (Lipinski definition) is 2. The first-order chi connectivity index (χ1) is 9.78. The Balaban J connectivity index is 1.65. The zero-order valence-electron chi connectivity index (χ0n) is 11.9. The van der Waals surface area contributed by atoms with E-state index in [-0.39, 0.29) is 5.91 Å². The summed E-state index contributed by atoms with van der Waals surface area (Å²) in [5, 5.41) is 2.97. The minimum atomic E-state index is 0.0983. The summed E-state index contributed by atoms with van der Waals surface area (Å²) in [6, 6.07) is 9.99. The summed E-state index contributed by atoms with van der Waals surface area (Å²) in [7, 11) is 0. The molecule has 110 valence electrons. The van der Waals surface area contributed by atoms with Crippen LogP contribution in [0.2, 0.25) is 0 Å². The number of benzene rings is 1. The number of nitrogens with two attached hydrogens (primary N) is 1. The molecule has 0 saturated carbocycles. The number of hydrogen-bond acceptors (Lipinski definition) is 4. The molecule has 1 aromatic carbocycles. The lowest BCUT2D eigenvalue weighted by atomic mass is 10.2. The van der Waals surface area contributed by atoms with E-state index in [2.05, 4.69) is 15.1 Å². The normalized spacial score (nSPS) is 17.1. The second-order valence-corrected chi connectivity index (χ2v) is 5.17. The van der Waals surface area contributed by atoms with Crippen molar-refractivity contribution in [1.82, 2.24) is 15.1 Å². The van der Waals surface area contributed by atoms with Gasteiger partial charge in [-0.1, -0.05) is 30.3 Å².